The van der Waals surface area contributed by atoms with Crippen LogP contribution < -0.4 is 0 Å². The van der Waals surface area contributed by atoms with Crippen molar-refractivity contribution in [3.63, 3.8) is 0 Å². The van der Waals surface area contributed by atoms with Gasteiger partial charge in [-0.1, -0.05) is 13.8 Å². The molecule has 0 saturated carbocycles. The smallest absolute Gasteiger partial charge is 0.338 e. The van der Waals surface area contributed by atoms with Crippen LogP contribution in [0.2, 0.25) is 0 Å². The van der Waals surface area contributed by atoms with Crippen LogP contribution in [-0.4, -0.2) is 38.4 Å². The first-order valence-corrected chi connectivity index (χ1v) is 8.68. The fraction of sp³-hybridized carbons (Fsp3) is 0.533. The SMILES string of the molecule is CCCN(CCC)S(=O)(=O)c1ccc(C(=O)OCC)cc1. The Morgan fingerprint density at radius 1 is 1.05 bits per heavy atom. The molecule has 1 aromatic rings. The fourth-order valence-corrected chi connectivity index (χ4v) is 3.60. The number of hydrogen-bond donors (Lipinski definition) is 0. The Kier molecular flexibility index (Phi) is 6.84. The molecule has 0 saturated heterocycles. The number of hydrogen-bond acceptors (Lipinski definition) is 4. The van der Waals surface area contributed by atoms with Gasteiger partial charge in [-0.05, 0) is 44.0 Å². The lowest BCUT2D eigenvalue weighted by Crippen LogP contribution is -2.32. The Balaban J connectivity index is 3.00. The lowest BCUT2D eigenvalue weighted by molar-refractivity contribution is 0.0526. The van der Waals surface area contributed by atoms with E-state index in [-0.39, 0.29) is 4.90 Å². The summed E-state index contributed by atoms with van der Waals surface area (Å²) in [6.45, 7) is 6.90. The van der Waals surface area contributed by atoms with Crippen molar-refractivity contribution in [1.82, 2.24) is 4.31 Å². The summed E-state index contributed by atoms with van der Waals surface area (Å²) < 4.78 is 31.4. The Morgan fingerprint density at radius 2 is 1.57 bits per heavy atom. The Bertz CT molecular complexity index is 546. The van der Waals surface area contributed by atoms with Crippen molar-refractivity contribution in [1.29, 1.82) is 0 Å². The first-order valence-electron chi connectivity index (χ1n) is 7.24. The van der Waals surface area contributed by atoms with E-state index in [1.807, 2.05) is 13.8 Å². The lowest BCUT2D eigenvalue weighted by atomic mass is 10.2. The quantitative estimate of drug-likeness (QED) is 0.692. The first-order chi connectivity index (χ1) is 9.97. The highest BCUT2D eigenvalue weighted by molar-refractivity contribution is 7.89. The van der Waals surface area contributed by atoms with Crippen LogP contribution in [0.25, 0.3) is 0 Å². The topological polar surface area (TPSA) is 63.7 Å². The first kappa shape index (κ1) is 17.7. The molecule has 0 fully saturated rings. The molecule has 0 atom stereocenters. The van der Waals surface area contributed by atoms with Gasteiger partial charge in [0, 0.05) is 13.1 Å². The molecule has 1 rings (SSSR count). The van der Waals surface area contributed by atoms with Gasteiger partial charge in [-0.3, -0.25) is 0 Å². The summed E-state index contributed by atoms with van der Waals surface area (Å²) in [6, 6.07) is 5.89. The van der Waals surface area contributed by atoms with Crippen LogP contribution in [0.15, 0.2) is 29.2 Å². The van der Waals surface area contributed by atoms with E-state index in [4.69, 9.17) is 4.74 Å². The summed E-state index contributed by atoms with van der Waals surface area (Å²) in [5, 5.41) is 0. The number of esters is 1. The minimum Gasteiger partial charge on any atom is -0.462 e. The van der Waals surface area contributed by atoms with E-state index in [0.29, 0.717) is 25.3 Å². The van der Waals surface area contributed by atoms with Gasteiger partial charge < -0.3 is 4.74 Å². The van der Waals surface area contributed by atoms with Gasteiger partial charge in [0.1, 0.15) is 0 Å². The standard InChI is InChI=1S/C15H23NO4S/c1-4-11-16(12-5-2)21(18,19)14-9-7-13(8-10-14)15(17)20-6-3/h7-10H,4-6,11-12H2,1-3H3. The minimum atomic E-state index is -3.50. The molecular weight excluding hydrogens is 290 g/mol. The van der Waals surface area contributed by atoms with Gasteiger partial charge >= 0.3 is 5.97 Å². The molecule has 5 nitrogen and oxygen atoms in total. The highest BCUT2D eigenvalue weighted by atomic mass is 32.2. The van der Waals surface area contributed by atoms with E-state index in [1.54, 1.807) is 6.92 Å². The summed E-state index contributed by atoms with van der Waals surface area (Å²) in [5.74, 6) is -0.444. The van der Waals surface area contributed by atoms with Crippen molar-refractivity contribution < 1.29 is 17.9 Å². The molecule has 0 amide bonds. The van der Waals surface area contributed by atoms with E-state index in [2.05, 4.69) is 0 Å². The zero-order chi connectivity index (χ0) is 15.9. The number of sulfonamides is 1. The predicted molar refractivity (Wildman–Crippen MR) is 81.7 cm³/mol. The van der Waals surface area contributed by atoms with Gasteiger partial charge in [0.15, 0.2) is 0 Å². The number of benzene rings is 1. The van der Waals surface area contributed by atoms with Gasteiger partial charge in [-0.25, -0.2) is 13.2 Å². The lowest BCUT2D eigenvalue weighted by Gasteiger charge is -2.21. The molecule has 0 aromatic heterocycles. The molecule has 0 bridgehead atoms. The van der Waals surface area contributed by atoms with Crippen LogP contribution in [0.5, 0.6) is 0 Å². The number of carbonyl (C=O) groups is 1. The number of ether oxygens (including phenoxy) is 1. The van der Waals surface area contributed by atoms with E-state index in [1.165, 1.54) is 28.6 Å². The Labute approximate surface area is 127 Å². The van der Waals surface area contributed by atoms with Crippen LogP contribution in [0, 0.1) is 0 Å². The summed E-state index contributed by atoms with van der Waals surface area (Å²) >= 11 is 0. The predicted octanol–water partition coefficient (Wildman–Crippen LogP) is 2.67. The molecule has 0 radical (unpaired) electrons. The van der Waals surface area contributed by atoms with Crippen LogP contribution in [-0.2, 0) is 14.8 Å². The molecule has 0 aliphatic heterocycles. The minimum absolute atomic E-state index is 0.206. The van der Waals surface area contributed by atoms with Crippen LogP contribution in [0.4, 0.5) is 0 Å². The highest BCUT2D eigenvalue weighted by Gasteiger charge is 2.23. The maximum atomic E-state index is 12.5. The molecule has 0 aliphatic rings. The van der Waals surface area contributed by atoms with E-state index >= 15 is 0 Å². The van der Waals surface area contributed by atoms with Crippen LogP contribution in [0.1, 0.15) is 44.0 Å². The van der Waals surface area contributed by atoms with Crippen molar-refractivity contribution in [2.45, 2.75) is 38.5 Å². The average Bonchev–Trinajstić information content (AvgIpc) is 2.47. The molecular formula is C15H23NO4S. The fourth-order valence-electron chi connectivity index (χ4n) is 1.98. The van der Waals surface area contributed by atoms with Gasteiger partial charge in [0.2, 0.25) is 10.0 Å². The molecule has 21 heavy (non-hydrogen) atoms. The van der Waals surface area contributed by atoms with Crippen molar-refractivity contribution in [3.8, 4) is 0 Å². The molecule has 6 heteroatoms. The van der Waals surface area contributed by atoms with Gasteiger partial charge in [-0.2, -0.15) is 4.31 Å². The van der Waals surface area contributed by atoms with E-state index < -0.39 is 16.0 Å². The highest BCUT2D eigenvalue weighted by Crippen LogP contribution is 2.17. The van der Waals surface area contributed by atoms with Crippen LogP contribution >= 0.6 is 0 Å². The molecule has 1 aromatic carbocycles. The second-order valence-electron chi connectivity index (χ2n) is 4.65. The van der Waals surface area contributed by atoms with Gasteiger partial charge in [0.25, 0.3) is 0 Å². The average molecular weight is 313 g/mol. The number of carbonyl (C=O) groups excluding carboxylic acids is 1. The van der Waals surface area contributed by atoms with Crippen molar-refractivity contribution in [3.05, 3.63) is 29.8 Å². The molecule has 0 aliphatic carbocycles. The second kappa shape index (κ2) is 8.14. The molecule has 118 valence electrons. The van der Waals surface area contributed by atoms with Crippen LogP contribution in [0.3, 0.4) is 0 Å². The maximum Gasteiger partial charge on any atom is 0.338 e. The monoisotopic (exact) mass is 313 g/mol. The summed E-state index contributed by atoms with van der Waals surface area (Å²) in [4.78, 5) is 11.8. The molecule has 0 unspecified atom stereocenters. The van der Waals surface area contributed by atoms with Crippen molar-refractivity contribution >= 4 is 16.0 Å². The third kappa shape index (κ3) is 4.54. The summed E-state index contributed by atoms with van der Waals surface area (Å²) in [6.07, 6.45) is 1.53. The second-order valence-corrected chi connectivity index (χ2v) is 6.59. The maximum absolute atomic E-state index is 12.5. The number of nitrogens with zero attached hydrogens (tertiary/aromatic N) is 1. The summed E-state index contributed by atoms with van der Waals surface area (Å²) in [7, 11) is -3.50. The largest absolute Gasteiger partial charge is 0.462 e. The van der Waals surface area contributed by atoms with Crippen molar-refractivity contribution in [2.24, 2.45) is 0 Å². The number of rotatable bonds is 8. The molecule has 0 heterocycles. The molecule has 0 spiro atoms. The summed E-state index contributed by atoms with van der Waals surface area (Å²) in [5.41, 5.74) is 0.355. The third-order valence-corrected chi connectivity index (χ3v) is 4.86. The molecule has 0 N–H and O–H groups in total. The van der Waals surface area contributed by atoms with Crippen molar-refractivity contribution in [2.75, 3.05) is 19.7 Å². The van der Waals surface area contributed by atoms with E-state index in [0.717, 1.165) is 12.8 Å². The Hall–Kier alpha value is -1.40. The van der Waals surface area contributed by atoms with E-state index in [9.17, 15) is 13.2 Å². The van der Waals surface area contributed by atoms with Gasteiger partial charge in [0.05, 0.1) is 17.1 Å². The van der Waals surface area contributed by atoms with Gasteiger partial charge in [-0.15, -0.1) is 0 Å². The third-order valence-electron chi connectivity index (χ3n) is 2.95. The Morgan fingerprint density at radius 3 is 2.00 bits per heavy atom. The zero-order valence-corrected chi connectivity index (χ0v) is 13.6. The normalized spacial score (nSPS) is 11.6. The zero-order valence-electron chi connectivity index (χ0n) is 12.8.